The molecule has 0 N–H and O–H groups in total. The van der Waals surface area contributed by atoms with Crippen LogP contribution in [0.4, 0.5) is 0 Å². The molecule has 0 radical (unpaired) electrons. The van der Waals surface area contributed by atoms with Crippen LogP contribution in [0.2, 0.25) is 0 Å². The first-order chi connectivity index (χ1) is 12.7. The monoisotopic (exact) mass is 368 g/mol. The van der Waals surface area contributed by atoms with Crippen molar-refractivity contribution in [2.45, 2.75) is 26.3 Å². The van der Waals surface area contributed by atoms with Crippen LogP contribution in [-0.4, -0.2) is 23.7 Å². The maximum Gasteiger partial charge on any atom is 0.248 e. The molecule has 0 aliphatic carbocycles. The summed E-state index contributed by atoms with van der Waals surface area (Å²) in [7, 11) is 0. The largest absolute Gasteiger partial charge is 0.486 e. The molecule has 0 bridgehead atoms. The fraction of sp³-hybridized carbons (Fsp3) is 0.300. The summed E-state index contributed by atoms with van der Waals surface area (Å²) in [6, 6.07) is 14.0. The van der Waals surface area contributed by atoms with Gasteiger partial charge in [0.25, 0.3) is 0 Å². The standard InChI is InChI=1S/C20H20N2O3S/c1-2-22-15-12-16-17(25-11-10-24-16)13-18(15)26-20(22)21-19(23)9-8-14-6-4-3-5-7-14/h3-7,12-13H,2,8-11H2,1H3. The number of aryl methyl sites for hydroxylation is 2. The molecule has 0 fully saturated rings. The second-order valence-electron chi connectivity index (χ2n) is 6.08. The van der Waals surface area contributed by atoms with Crippen LogP contribution in [0, 0.1) is 0 Å². The lowest BCUT2D eigenvalue weighted by Gasteiger charge is -2.18. The Morgan fingerprint density at radius 1 is 1.15 bits per heavy atom. The molecule has 5 nitrogen and oxygen atoms in total. The molecule has 0 atom stereocenters. The van der Waals surface area contributed by atoms with Gasteiger partial charge in [0, 0.05) is 25.1 Å². The number of rotatable bonds is 4. The van der Waals surface area contributed by atoms with Crippen molar-refractivity contribution in [3.05, 3.63) is 52.8 Å². The second-order valence-corrected chi connectivity index (χ2v) is 7.09. The average Bonchev–Trinajstić information content (AvgIpc) is 3.01. The molecule has 3 aromatic rings. The number of thiazole rings is 1. The van der Waals surface area contributed by atoms with E-state index in [1.165, 1.54) is 11.3 Å². The van der Waals surface area contributed by atoms with E-state index in [1.54, 1.807) is 0 Å². The summed E-state index contributed by atoms with van der Waals surface area (Å²) in [5.74, 6) is 1.42. The molecule has 1 amide bonds. The van der Waals surface area contributed by atoms with Gasteiger partial charge in [-0.2, -0.15) is 4.99 Å². The molecule has 0 saturated heterocycles. The van der Waals surface area contributed by atoms with Gasteiger partial charge in [-0.25, -0.2) is 0 Å². The highest BCUT2D eigenvalue weighted by molar-refractivity contribution is 7.16. The molecule has 2 heterocycles. The van der Waals surface area contributed by atoms with Crippen molar-refractivity contribution in [1.82, 2.24) is 4.57 Å². The van der Waals surface area contributed by atoms with Gasteiger partial charge in [0.15, 0.2) is 16.3 Å². The summed E-state index contributed by atoms with van der Waals surface area (Å²) in [4.78, 5) is 17.5. The molecular formula is C20H20N2O3S. The van der Waals surface area contributed by atoms with Gasteiger partial charge in [0.2, 0.25) is 5.91 Å². The highest BCUT2D eigenvalue weighted by Gasteiger charge is 2.16. The van der Waals surface area contributed by atoms with E-state index < -0.39 is 0 Å². The maximum atomic E-state index is 12.4. The van der Waals surface area contributed by atoms with Crippen LogP contribution in [0.15, 0.2) is 47.5 Å². The quantitative estimate of drug-likeness (QED) is 0.708. The Balaban J connectivity index is 1.64. The Labute approximate surface area is 155 Å². The van der Waals surface area contributed by atoms with E-state index in [0.29, 0.717) is 26.1 Å². The fourth-order valence-electron chi connectivity index (χ4n) is 3.06. The number of amides is 1. The predicted molar refractivity (Wildman–Crippen MR) is 102 cm³/mol. The summed E-state index contributed by atoms with van der Waals surface area (Å²) in [6.07, 6.45) is 1.11. The molecular weight excluding hydrogens is 348 g/mol. The second kappa shape index (κ2) is 7.33. The van der Waals surface area contributed by atoms with Gasteiger partial charge in [-0.15, -0.1) is 0 Å². The summed E-state index contributed by atoms with van der Waals surface area (Å²) in [5.41, 5.74) is 2.18. The van der Waals surface area contributed by atoms with Gasteiger partial charge >= 0.3 is 0 Å². The van der Waals surface area contributed by atoms with Crippen molar-refractivity contribution in [2.24, 2.45) is 4.99 Å². The number of nitrogens with zero attached hydrogens (tertiary/aromatic N) is 2. The van der Waals surface area contributed by atoms with E-state index in [4.69, 9.17) is 9.47 Å². The minimum Gasteiger partial charge on any atom is -0.486 e. The third-order valence-corrected chi connectivity index (χ3v) is 5.39. The minimum absolute atomic E-state index is 0.0973. The van der Waals surface area contributed by atoms with Crippen LogP contribution in [0.1, 0.15) is 18.9 Å². The SMILES string of the molecule is CCn1c(=NC(=O)CCc2ccccc2)sc2cc3c(cc21)OCCO3. The molecule has 134 valence electrons. The predicted octanol–water partition coefficient (Wildman–Crippen LogP) is 3.55. The van der Waals surface area contributed by atoms with Crippen molar-refractivity contribution in [3.8, 4) is 11.5 Å². The highest BCUT2D eigenvalue weighted by Crippen LogP contribution is 2.35. The number of benzene rings is 2. The molecule has 1 aliphatic heterocycles. The number of carbonyl (C=O) groups is 1. The summed E-state index contributed by atoms with van der Waals surface area (Å²) in [5, 5.41) is 0. The van der Waals surface area contributed by atoms with Gasteiger partial charge in [0.05, 0.1) is 10.2 Å². The maximum absolute atomic E-state index is 12.4. The Hall–Kier alpha value is -2.60. The number of hydrogen-bond donors (Lipinski definition) is 0. The molecule has 2 aromatic carbocycles. The van der Waals surface area contributed by atoms with Crippen LogP contribution in [0.25, 0.3) is 10.2 Å². The van der Waals surface area contributed by atoms with Crippen LogP contribution in [0.3, 0.4) is 0 Å². The van der Waals surface area contributed by atoms with Crippen molar-refractivity contribution in [3.63, 3.8) is 0 Å². The first-order valence-electron chi connectivity index (χ1n) is 8.79. The lowest BCUT2D eigenvalue weighted by molar-refractivity contribution is -0.118. The number of ether oxygens (including phenoxy) is 2. The number of fused-ring (bicyclic) bond motifs is 2. The van der Waals surface area contributed by atoms with Crippen LogP contribution in [0.5, 0.6) is 11.5 Å². The Morgan fingerprint density at radius 3 is 2.62 bits per heavy atom. The Morgan fingerprint density at radius 2 is 1.88 bits per heavy atom. The zero-order valence-electron chi connectivity index (χ0n) is 14.6. The van der Waals surface area contributed by atoms with Gasteiger partial charge in [-0.05, 0) is 18.9 Å². The van der Waals surface area contributed by atoms with Crippen LogP contribution < -0.4 is 14.3 Å². The topological polar surface area (TPSA) is 52.8 Å². The van der Waals surface area contributed by atoms with E-state index in [0.717, 1.165) is 38.6 Å². The van der Waals surface area contributed by atoms with Gasteiger partial charge in [-0.1, -0.05) is 41.7 Å². The third-order valence-electron chi connectivity index (χ3n) is 4.35. The molecule has 1 aromatic heterocycles. The van der Waals surface area contributed by atoms with E-state index >= 15 is 0 Å². The summed E-state index contributed by atoms with van der Waals surface area (Å²) < 4.78 is 14.4. The number of aromatic nitrogens is 1. The van der Waals surface area contributed by atoms with Gasteiger partial charge in [0.1, 0.15) is 13.2 Å². The smallest absolute Gasteiger partial charge is 0.248 e. The first-order valence-corrected chi connectivity index (χ1v) is 9.60. The molecule has 0 unspecified atom stereocenters. The zero-order chi connectivity index (χ0) is 17.9. The Bertz CT molecular complexity index is 1010. The Kier molecular flexibility index (Phi) is 4.75. The number of carbonyl (C=O) groups excluding carboxylic acids is 1. The van der Waals surface area contributed by atoms with Crippen molar-refractivity contribution < 1.29 is 14.3 Å². The van der Waals surface area contributed by atoms with Crippen LogP contribution >= 0.6 is 11.3 Å². The lowest BCUT2D eigenvalue weighted by atomic mass is 10.1. The lowest BCUT2D eigenvalue weighted by Crippen LogP contribution is -2.17. The van der Waals surface area contributed by atoms with E-state index in [-0.39, 0.29) is 5.91 Å². The highest BCUT2D eigenvalue weighted by atomic mass is 32.1. The normalized spacial score (nSPS) is 14.0. The third kappa shape index (κ3) is 3.37. The molecule has 1 aliphatic rings. The zero-order valence-corrected chi connectivity index (χ0v) is 15.4. The average molecular weight is 368 g/mol. The van der Waals surface area contributed by atoms with Gasteiger partial charge in [-0.3, -0.25) is 4.79 Å². The summed E-state index contributed by atoms with van der Waals surface area (Å²) in [6.45, 7) is 3.91. The minimum atomic E-state index is -0.0973. The van der Waals surface area contributed by atoms with Crippen molar-refractivity contribution in [1.29, 1.82) is 0 Å². The first kappa shape index (κ1) is 16.8. The molecule has 0 saturated carbocycles. The van der Waals surface area contributed by atoms with Crippen molar-refractivity contribution >= 4 is 27.5 Å². The molecule has 26 heavy (non-hydrogen) atoms. The van der Waals surface area contributed by atoms with E-state index in [2.05, 4.69) is 16.5 Å². The van der Waals surface area contributed by atoms with E-state index in [9.17, 15) is 4.79 Å². The summed E-state index contributed by atoms with van der Waals surface area (Å²) >= 11 is 1.51. The van der Waals surface area contributed by atoms with Crippen LogP contribution in [-0.2, 0) is 17.8 Å². The van der Waals surface area contributed by atoms with E-state index in [1.807, 2.05) is 42.5 Å². The fourth-order valence-corrected chi connectivity index (χ4v) is 4.18. The number of hydrogen-bond acceptors (Lipinski definition) is 4. The molecule has 0 spiro atoms. The molecule has 4 rings (SSSR count). The van der Waals surface area contributed by atoms with Gasteiger partial charge < -0.3 is 14.0 Å². The molecule has 6 heteroatoms. The van der Waals surface area contributed by atoms with Crippen molar-refractivity contribution in [2.75, 3.05) is 13.2 Å².